The maximum atomic E-state index is 13.2. The Kier molecular flexibility index (Phi) is 9.10. The van der Waals surface area contributed by atoms with Gasteiger partial charge in [0.1, 0.15) is 36.1 Å². The average Bonchev–Trinajstić information content (AvgIpc) is 3.80. The van der Waals surface area contributed by atoms with E-state index in [2.05, 4.69) is 10.3 Å². The molecular weight excluding hydrogens is 620 g/mol. The van der Waals surface area contributed by atoms with Gasteiger partial charge in [0.2, 0.25) is 0 Å². The first-order valence-corrected chi connectivity index (χ1v) is 14.4. The molecule has 0 unspecified atom stereocenters. The van der Waals surface area contributed by atoms with Crippen molar-refractivity contribution in [1.82, 2.24) is 10.3 Å². The lowest BCUT2D eigenvalue weighted by atomic mass is 10.1. The number of hydrogen-bond acceptors (Lipinski definition) is 11. The van der Waals surface area contributed by atoms with E-state index in [1.54, 1.807) is 60.7 Å². The maximum Gasteiger partial charge on any atom is 0.269 e. The van der Waals surface area contributed by atoms with E-state index in [-0.39, 0.29) is 41.7 Å². The van der Waals surface area contributed by atoms with Gasteiger partial charge in [-0.2, -0.15) is 0 Å². The second kappa shape index (κ2) is 14.0. The number of benzene rings is 4. The van der Waals surface area contributed by atoms with Crippen LogP contribution in [0.1, 0.15) is 27.4 Å². The van der Waals surface area contributed by atoms with E-state index in [0.717, 1.165) is 5.56 Å². The predicted molar refractivity (Wildman–Crippen MR) is 172 cm³/mol. The molecule has 0 saturated carbocycles. The van der Waals surface area contributed by atoms with Crippen molar-refractivity contribution in [2.24, 2.45) is 0 Å². The van der Waals surface area contributed by atoms with E-state index in [1.807, 2.05) is 30.3 Å². The number of aromatic nitrogens is 2. The lowest BCUT2D eigenvalue weighted by Crippen LogP contribution is -2.03. The van der Waals surface area contributed by atoms with Crippen LogP contribution in [0.4, 0.5) is 11.4 Å². The third-order valence-corrected chi connectivity index (χ3v) is 7.06. The Morgan fingerprint density at radius 1 is 0.688 bits per heavy atom. The Morgan fingerprint density at radius 3 is 1.77 bits per heavy atom. The number of nitro groups is 2. The van der Waals surface area contributed by atoms with Crippen LogP contribution in [0.3, 0.4) is 0 Å². The number of ketones is 1. The Labute approximate surface area is 271 Å². The van der Waals surface area contributed by atoms with Crippen molar-refractivity contribution in [2.45, 2.75) is 13.2 Å². The maximum absolute atomic E-state index is 13.2. The van der Waals surface area contributed by atoms with Crippen molar-refractivity contribution in [3.63, 3.8) is 0 Å². The molecule has 0 spiro atoms. The molecular formula is C35H24N4O9. The van der Waals surface area contributed by atoms with Gasteiger partial charge in [0.15, 0.2) is 17.3 Å². The van der Waals surface area contributed by atoms with Gasteiger partial charge in [0.25, 0.3) is 11.4 Å². The van der Waals surface area contributed by atoms with Crippen molar-refractivity contribution >= 4 is 23.2 Å². The molecule has 0 bridgehead atoms. The molecule has 0 amide bonds. The molecule has 2 aromatic heterocycles. The number of carbonyl (C=O) groups excluding carboxylic acids is 1. The molecule has 0 saturated heterocycles. The summed E-state index contributed by atoms with van der Waals surface area (Å²) in [6.07, 6.45) is 3.16. The zero-order chi connectivity index (χ0) is 33.5. The van der Waals surface area contributed by atoms with Crippen LogP contribution >= 0.6 is 0 Å². The fraction of sp³-hybridized carbons (Fsp3) is 0.0571. The Bertz CT molecular complexity index is 2100. The Balaban J connectivity index is 1.18. The summed E-state index contributed by atoms with van der Waals surface area (Å²) in [4.78, 5) is 34.2. The molecule has 0 N–H and O–H groups in total. The summed E-state index contributed by atoms with van der Waals surface area (Å²) >= 11 is 0. The zero-order valence-corrected chi connectivity index (χ0v) is 24.9. The topological polar surface area (TPSA) is 174 Å². The number of carbonyl (C=O) groups is 1. The molecule has 13 nitrogen and oxygen atoms in total. The minimum Gasteiger partial charge on any atom is -0.485 e. The van der Waals surface area contributed by atoms with Gasteiger partial charge in [-0.1, -0.05) is 46.7 Å². The molecule has 238 valence electrons. The molecule has 0 atom stereocenters. The fourth-order valence-corrected chi connectivity index (χ4v) is 4.59. The van der Waals surface area contributed by atoms with E-state index < -0.39 is 9.85 Å². The number of ether oxygens (including phenoxy) is 2. The van der Waals surface area contributed by atoms with Crippen molar-refractivity contribution in [3.05, 3.63) is 158 Å². The van der Waals surface area contributed by atoms with Gasteiger partial charge in [-0.05, 0) is 48.0 Å². The highest BCUT2D eigenvalue weighted by Crippen LogP contribution is 2.29. The van der Waals surface area contributed by atoms with Crippen LogP contribution in [-0.4, -0.2) is 25.9 Å². The van der Waals surface area contributed by atoms with Crippen LogP contribution in [0, 0.1) is 20.2 Å². The molecule has 2 heterocycles. The largest absolute Gasteiger partial charge is 0.485 e. The van der Waals surface area contributed by atoms with Gasteiger partial charge < -0.3 is 18.5 Å². The lowest BCUT2D eigenvalue weighted by Gasteiger charge is -2.11. The minimum absolute atomic E-state index is 0.00132. The van der Waals surface area contributed by atoms with Gasteiger partial charge in [0.05, 0.1) is 15.4 Å². The fourth-order valence-electron chi connectivity index (χ4n) is 4.59. The number of nitro benzene ring substituents is 2. The first-order valence-electron chi connectivity index (χ1n) is 14.4. The minimum atomic E-state index is -0.484. The first-order chi connectivity index (χ1) is 23.3. The van der Waals surface area contributed by atoms with Crippen LogP contribution in [0.25, 0.3) is 28.6 Å². The van der Waals surface area contributed by atoms with E-state index >= 15 is 0 Å². The standard InChI is InChI=1S/C35H24N4O9/c40-34(17-6-23-4-2-1-3-5-23)31-16-15-28(45-21-29-18-32(36-47-29)24-7-11-26(12-8-24)38(41)42)20-35(31)46-22-30-19-33(37-48-30)25-9-13-27(14-10-25)39(43)44/h1-20H,21-22H2/b17-6+. The van der Waals surface area contributed by atoms with E-state index in [0.29, 0.717) is 39.8 Å². The predicted octanol–water partition coefficient (Wildman–Crippen LogP) is 7.87. The SMILES string of the molecule is O=C(/C=C/c1ccccc1)c1ccc(OCc2cc(-c3ccc([N+](=O)[O-])cc3)no2)cc1OCc1cc(-c2ccc([N+](=O)[O-])cc2)no1. The molecule has 48 heavy (non-hydrogen) atoms. The molecule has 6 aromatic rings. The molecule has 0 fully saturated rings. The summed E-state index contributed by atoms with van der Waals surface area (Å²) in [6.45, 7) is -0.0753. The Morgan fingerprint density at radius 2 is 1.23 bits per heavy atom. The molecule has 0 aliphatic heterocycles. The highest BCUT2D eigenvalue weighted by molar-refractivity contribution is 6.08. The third kappa shape index (κ3) is 7.49. The number of non-ortho nitro benzene ring substituents is 2. The van der Waals surface area contributed by atoms with Gasteiger partial charge in [-0.25, -0.2) is 0 Å². The normalized spacial score (nSPS) is 11.0. The zero-order valence-electron chi connectivity index (χ0n) is 24.9. The van der Waals surface area contributed by atoms with Crippen molar-refractivity contribution < 1.29 is 33.2 Å². The van der Waals surface area contributed by atoms with Crippen molar-refractivity contribution in [2.75, 3.05) is 0 Å². The highest BCUT2D eigenvalue weighted by Gasteiger charge is 2.16. The van der Waals surface area contributed by atoms with Gasteiger partial charge in [0, 0.05) is 53.6 Å². The van der Waals surface area contributed by atoms with E-state index in [4.69, 9.17) is 18.5 Å². The summed E-state index contributed by atoms with van der Waals surface area (Å²) in [5.41, 5.74) is 3.27. The van der Waals surface area contributed by atoms with Crippen molar-refractivity contribution in [1.29, 1.82) is 0 Å². The number of allylic oxidation sites excluding steroid dienone is 1. The summed E-state index contributed by atoms with van der Waals surface area (Å²) < 4.78 is 22.8. The summed E-state index contributed by atoms with van der Waals surface area (Å²) in [5, 5.41) is 30.0. The second-order valence-corrected chi connectivity index (χ2v) is 10.3. The first kappa shape index (κ1) is 31.1. The van der Waals surface area contributed by atoms with Crippen molar-refractivity contribution in [3.8, 4) is 34.0 Å². The Hall–Kier alpha value is -6.89. The lowest BCUT2D eigenvalue weighted by molar-refractivity contribution is -0.385. The summed E-state index contributed by atoms with van der Waals surface area (Å²) in [7, 11) is 0. The smallest absolute Gasteiger partial charge is 0.269 e. The molecule has 4 aromatic carbocycles. The van der Waals surface area contributed by atoms with Crippen LogP contribution in [0.5, 0.6) is 11.5 Å². The number of hydrogen-bond donors (Lipinski definition) is 0. The third-order valence-electron chi connectivity index (χ3n) is 7.06. The highest BCUT2D eigenvalue weighted by atomic mass is 16.6. The number of nitrogens with zero attached hydrogens (tertiary/aromatic N) is 4. The van der Waals surface area contributed by atoms with Gasteiger partial charge in [-0.15, -0.1) is 0 Å². The monoisotopic (exact) mass is 644 g/mol. The summed E-state index contributed by atoms with van der Waals surface area (Å²) in [5.74, 6) is 1.07. The van der Waals surface area contributed by atoms with Crippen LogP contribution in [0.2, 0.25) is 0 Å². The molecule has 0 aliphatic rings. The molecule has 0 aliphatic carbocycles. The van der Waals surface area contributed by atoms with Crippen LogP contribution in [-0.2, 0) is 13.2 Å². The van der Waals surface area contributed by atoms with Gasteiger partial charge in [-0.3, -0.25) is 25.0 Å². The molecule has 0 radical (unpaired) electrons. The van der Waals surface area contributed by atoms with Crippen LogP contribution < -0.4 is 9.47 Å². The molecule has 13 heteroatoms. The van der Waals surface area contributed by atoms with Crippen LogP contribution in [0.15, 0.2) is 124 Å². The quantitative estimate of drug-likeness (QED) is 0.0518. The second-order valence-electron chi connectivity index (χ2n) is 10.3. The summed E-state index contributed by atoms with van der Waals surface area (Å²) in [6, 6.07) is 29.3. The van der Waals surface area contributed by atoms with E-state index in [9.17, 15) is 25.0 Å². The average molecular weight is 645 g/mol. The van der Waals surface area contributed by atoms with Gasteiger partial charge >= 0.3 is 0 Å². The number of rotatable bonds is 13. The molecule has 6 rings (SSSR count). The van der Waals surface area contributed by atoms with E-state index in [1.165, 1.54) is 30.3 Å².